The van der Waals surface area contributed by atoms with Crippen LogP contribution in [0.3, 0.4) is 0 Å². The number of carbonyl (C=O) groups is 1. The zero-order valence-electron chi connectivity index (χ0n) is 11.7. The first-order valence-corrected chi connectivity index (χ1v) is 7.20. The molecule has 1 N–H and O–H groups in total. The summed E-state index contributed by atoms with van der Waals surface area (Å²) in [5, 5.41) is 11.6. The molecule has 1 aliphatic rings. The van der Waals surface area contributed by atoms with Gasteiger partial charge >= 0.3 is 0 Å². The van der Waals surface area contributed by atoms with Gasteiger partial charge in [-0.2, -0.15) is 0 Å². The molecule has 1 aliphatic carbocycles. The van der Waals surface area contributed by atoms with E-state index in [1.807, 2.05) is 24.3 Å². The van der Waals surface area contributed by atoms with Gasteiger partial charge in [-0.25, -0.2) is 0 Å². The molecule has 0 amide bonds. The highest BCUT2D eigenvalue weighted by Gasteiger charge is 2.39. The Balaban J connectivity index is 1.92. The van der Waals surface area contributed by atoms with Gasteiger partial charge < -0.3 is 5.11 Å². The molecule has 1 saturated carbocycles. The Morgan fingerprint density at radius 1 is 1.30 bits per heavy atom. The van der Waals surface area contributed by atoms with Crippen LogP contribution in [0, 0.1) is 5.92 Å². The summed E-state index contributed by atoms with van der Waals surface area (Å²) < 4.78 is 0. The number of aromatic nitrogens is 1. The van der Waals surface area contributed by atoms with Crippen molar-refractivity contribution in [3.8, 4) is 0 Å². The zero-order chi connectivity index (χ0) is 14.2. The maximum atomic E-state index is 12.6. The summed E-state index contributed by atoms with van der Waals surface area (Å²) in [4.78, 5) is 16.8. The van der Waals surface area contributed by atoms with E-state index in [1.54, 1.807) is 12.3 Å². The molecule has 1 fully saturated rings. The summed E-state index contributed by atoms with van der Waals surface area (Å²) >= 11 is 0. The number of hydrogen-bond donors (Lipinski definition) is 1. The lowest BCUT2D eigenvalue weighted by atomic mass is 9.76. The zero-order valence-corrected chi connectivity index (χ0v) is 11.7. The first kappa shape index (κ1) is 13.3. The minimum Gasteiger partial charge on any atom is -0.382 e. The van der Waals surface area contributed by atoms with E-state index in [4.69, 9.17) is 0 Å². The minimum atomic E-state index is -1.18. The van der Waals surface area contributed by atoms with Crippen molar-refractivity contribution < 1.29 is 9.90 Å². The molecule has 0 bridgehead atoms. The molecule has 2 aromatic rings. The van der Waals surface area contributed by atoms with Gasteiger partial charge in [0.2, 0.25) is 0 Å². The first-order chi connectivity index (χ1) is 9.58. The van der Waals surface area contributed by atoms with Crippen LogP contribution < -0.4 is 0 Å². The van der Waals surface area contributed by atoms with E-state index in [1.165, 1.54) is 0 Å². The van der Waals surface area contributed by atoms with Crippen molar-refractivity contribution in [1.82, 2.24) is 4.98 Å². The third-order valence-corrected chi connectivity index (χ3v) is 4.39. The second-order valence-corrected chi connectivity index (χ2v) is 5.95. The lowest BCUT2D eigenvalue weighted by molar-refractivity contribution is 0.00428. The predicted octanol–water partition coefficient (Wildman–Crippen LogP) is 3.36. The van der Waals surface area contributed by atoms with E-state index in [-0.39, 0.29) is 5.78 Å². The number of nitrogens with zero attached hydrogens (tertiary/aromatic N) is 1. The van der Waals surface area contributed by atoms with Gasteiger partial charge in [-0.05, 0) is 55.9 Å². The highest BCUT2D eigenvalue weighted by Crippen LogP contribution is 2.34. The Morgan fingerprint density at radius 2 is 2.05 bits per heavy atom. The summed E-state index contributed by atoms with van der Waals surface area (Å²) in [6.45, 7) is 2.17. The number of pyridine rings is 1. The topological polar surface area (TPSA) is 50.2 Å². The number of ketones is 1. The van der Waals surface area contributed by atoms with Gasteiger partial charge in [-0.3, -0.25) is 9.78 Å². The summed E-state index contributed by atoms with van der Waals surface area (Å²) in [6, 6.07) is 9.24. The molecule has 20 heavy (non-hydrogen) atoms. The van der Waals surface area contributed by atoms with Gasteiger partial charge in [0, 0.05) is 17.1 Å². The molecule has 0 unspecified atom stereocenters. The van der Waals surface area contributed by atoms with Crippen LogP contribution in [-0.4, -0.2) is 21.5 Å². The van der Waals surface area contributed by atoms with Crippen molar-refractivity contribution in [3.63, 3.8) is 0 Å². The summed E-state index contributed by atoms with van der Waals surface area (Å²) in [5.74, 6) is 0.457. The molecule has 0 radical (unpaired) electrons. The molecule has 1 aromatic heterocycles. The molecular weight excluding hydrogens is 250 g/mol. The fourth-order valence-corrected chi connectivity index (χ4v) is 2.95. The lowest BCUT2D eigenvalue weighted by Gasteiger charge is -2.33. The lowest BCUT2D eigenvalue weighted by Crippen LogP contribution is -2.41. The second kappa shape index (κ2) is 4.98. The molecule has 0 spiro atoms. The van der Waals surface area contributed by atoms with Crippen LogP contribution in [0.25, 0.3) is 10.9 Å². The molecule has 0 atom stereocenters. The van der Waals surface area contributed by atoms with Crippen molar-refractivity contribution in [2.45, 2.75) is 38.2 Å². The monoisotopic (exact) mass is 269 g/mol. The predicted molar refractivity (Wildman–Crippen MR) is 78.7 cm³/mol. The molecule has 3 rings (SSSR count). The number of hydrogen-bond acceptors (Lipinski definition) is 3. The molecule has 1 aromatic carbocycles. The molecule has 0 saturated heterocycles. The maximum absolute atomic E-state index is 12.6. The molecule has 0 aliphatic heterocycles. The maximum Gasteiger partial charge on any atom is 0.194 e. The summed E-state index contributed by atoms with van der Waals surface area (Å²) in [7, 11) is 0. The van der Waals surface area contributed by atoms with Crippen LogP contribution >= 0.6 is 0 Å². The van der Waals surface area contributed by atoms with E-state index >= 15 is 0 Å². The van der Waals surface area contributed by atoms with Crippen LogP contribution in [0.15, 0.2) is 36.5 Å². The molecule has 1 heterocycles. The number of Topliss-reactive ketones (excluding diaryl/α,β-unsaturated/α-hetero) is 1. The number of carbonyl (C=O) groups excluding carboxylic acids is 1. The van der Waals surface area contributed by atoms with Crippen molar-refractivity contribution in [2.75, 3.05) is 0 Å². The average Bonchev–Trinajstić information content (AvgIpc) is 2.49. The SMILES string of the molecule is CC1CCC(O)(C(=O)c2ccc3ncccc3c2)CC1. The van der Waals surface area contributed by atoms with E-state index in [9.17, 15) is 9.90 Å². The summed E-state index contributed by atoms with van der Waals surface area (Å²) in [6.07, 6.45) is 4.70. The van der Waals surface area contributed by atoms with Gasteiger partial charge in [0.25, 0.3) is 0 Å². The van der Waals surface area contributed by atoms with E-state index in [0.29, 0.717) is 24.3 Å². The second-order valence-electron chi connectivity index (χ2n) is 5.95. The highest BCUT2D eigenvalue weighted by atomic mass is 16.3. The van der Waals surface area contributed by atoms with Crippen molar-refractivity contribution in [1.29, 1.82) is 0 Å². The average molecular weight is 269 g/mol. The van der Waals surface area contributed by atoms with Crippen LogP contribution in [0.5, 0.6) is 0 Å². The minimum absolute atomic E-state index is 0.143. The van der Waals surface area contributed by atoms with E-state index in [2.05, 4.69) is 11.9 Å². The summed E-state index contributed by atoms with van der Waals surface area (Å²) in [5.41, 5.74) is 0.276. The number of aliphatic hydroxyl groups is 1. The van der Waals surface area contributed by atoms with Gasteiger partial charge in [0.1, 0.15) is 5.60 Å². The normalized spacial score (nSPS) is 26.6. The Kier molecular flexibility index (Phi) is 3.30. The highest BCUT2D eigenvalue weighted by molar-refractivity contribution is 6.04. The largest absolute Gasteiger partial charge is 0.382 e. The third kappa shape index (κ3) is 2.34. The Bertz CT molecular complexity index is 642. The van der Waals surface area contributed by atoms with E-state index in [0.717, 1.165) is 23.7 Å². The Hall–Kier alpha value is -1.74. The fraction of sp³-hybridized carbons (Fsp3) is 0.412. The number of fused-ring (bicyclic) bond motifs is 1. The quantitative estimate of drug-likeness (QED) is 0.850. The Labute approximate surface area is 118 Å². The number of rotatable bonds is 2. The first-order valence-electron chi connectivity index (χ1n) is 7.20. The smallest absolute Gasteiger partial charge is 0.194 e. The van der Waals surface area contributed by atoms with Crippen molar-refractivity contribution in [2.24, 2.45) is 5.92 Å². The van der Waals surface area contributed by atoms with Crippen LogP contribution in [0.2, 0.25) is 0 Å². The molecule has 104 valence electrons. The van der Waals surface area contributed by atoms with Crippen molar-refractivity contribution in [3.05, 3.63) is 42.1 Å². The van der Waals surface area contributed by atoms with Crippen molar-refractivity contribution >= 4 is 16.7 Å². The van der Waals surface area contributed by atoms with Crippen LogP contribution in [0.1, 0.15) is 43.0 Å². The third-order valence-electron chi connectivity index (χ3n) is 4.39. The van der Waals surface area contributed by atoms with Gasteiger partial charge in [-0.1, -0.05) is 13.0 Å². The standard InChI is InChI=1S/C17H19NO2/c1-12-6-8-17(20,9-7-12)16(19)14-4-5-15-13(11-14)3-2-10-18-15/h2-5,10-12,20H,6-9H2,1H3. The van der Waals surface area contributed by atoms with Gasteiger partial charge in [0.05, 0.1) is 5.52 Å². The van der Waals surface area contributed by atoms with Gasteiger partial charge in [0.15, 0.2) is 5.78 Å². The molecular formula is C17H19NO2. The Morgan fingerprint density at radius 3 is 2.80 bits per heavy atom. The van der Waals surface area contributed by atoms with Crippen LogP contribution in [-0.2, 0) is 0 Å². The fourth-order valence-electron chi connectivity index (χ4n) is 2.95. The number of benzene rings is 1. The molecule has 3 nitrogen and oxygen atoms in total. The van der Waals surface area contributed by atoms with Crippen LogP contribution in [0.4, 0.5) is 0 Å². The molecule has 3 heteroatoms. The van der Waals surface area contributed by atoms with Gasteiger partial charge in [-0.15, -0.1) is 0 Å². The van der Waals surface area contributed by atoms with E-state index < -0.39 is 5.60 Å².